The van der Waals surface area contributed by atoms with Crippen LogP contribution in [0.15, 0.2) is 36.9 Å². The maximum Gasteiger partial charge on any atom is 0.312 e. The maximum absolute atomic E-state index is 14.3. The van der Waals surface area contributed by atoms with Crippen molar-refractivity contribution in [2.45, 2.75) is 55.2 Å². The van der Waals surface area contributed by atoms with Crippen LogP contribution in [0, 0.1) is 11.8 Å². The predicted molar refractivity (Wildman–Crippen MR) is 139 cm³/mol. The van der Waals surface area contributed by atoms with E-state index in [1.54, 1.807) is 47.1 Å². The molecule has 4 rings (SSSR count). The van der Waals surface area contributed by atoms with Gasteiger partial charge in [-0.15, -0.1) is 6.58 Å². The molecule has 8 nitrogen and oxygen atoms in total. The van der Waals surface area contributed by atoms with Gasteiger partial charge in [-0.25, -0.2) is 0 Å². The molecule has 0 saturated carbocycles. The first-order valence-electron chi connectivity index (χ1n) is 12.4. The monoisotopic (exact) mass is 582 g/mol. The van der Waals surface area contributed by atoms with Gasteiger partial charge in [0.25, 0.3) is 5.91 Å². The smallest absolute Gasteiger partial charge is 0.312 e. The zero-order chi connectivity index (χ0) is 26.0. The second-order valence-electron chi connectivity index (χ2n) is 9.45. The molecule has 0 radical (unpaired) electrons. The number of fused-ring (bicyclic) bond motifs is 1. The van der Waals surface area contributed by atoms with Crippen molar-refractivity contribution in [1.29, 1.82) is 0 Å². The maximum atomic E-state index is 14.3. The summed E-state index contributed by atoms with van der Waals surface area (Å²) >= 11 is 9.72. The predicted octanol–water partition coefficient (Wildman–Crippen LogP) is 3.33. The van der Waals surface area contributed by atoms with Crippen molar-refractivity contribution < 1.29 is 29.0 Å². The molecule has 3 aliphatic rings. The number of alkyl halides is 1. The number of rotatable bonds is 11. The first-order chi connectivity index (χ1) is 17.3. The molecule has 0 aliphatic carbocycles. The van der Waals surface area contributed by atoms with Crippen LogP contribution in [0.1, 0.15) is 32.6 Å². The van der Waals surface area contributed by atoms with Crippen molar-refractivity contribution >= 4 is 51.0 Å². The van der Waals surface area contributed by atoms with Gasteiger partial charge in [-0.3, -0.25) is 14.4 Å². The average Bonchev–Trinajstić information content (AvgIpc) is 3.44. The first kappa shape index (κ1) is 27.1. The summed E-state index contributed by atoms with van der Waals surface area (Å²) in [4.78, 5) is 44.2. The molecule has 3 fully saturated rings. The quantitative estimate of drug-likeness (QED) is 0.186. The van der Waals surface area contributed by atoms with Crippen LogP contribution < -0.4 is 4.90 Å². The highest BCUT2D eigenvalue weighted by Crippen LogP contribution is 2.60. The number of likely N-dealkylation sites (tertiary alicyclic amines) is 1. The number of aliphatic hydroxyl groups is 1. The Hall–Kier alpha value is -1.94. The van der Waals surface area contributed by atoms with Gasteiger partial charge in [0, 0.05) is 35.2 Å². The lowest BCUT2D eigenvalue weighted by Crippen LogP contribution is -2.57. The van der Waals surface area contributed by atoms with Crippen LogP contribution in [0.4, 0.5) is 5.69 Å². The summed E-state index contributed by atoms with van der Waals surface area (Å²) in [5, 5.41) is 9.73. The van der Waals surface area contributed by atoms with Crippen LogP contribution in [-0.4, -0.2) is 76.7 Å². The van der Waals surface area contributed by atoms with E-state index in [1.807, 2.05) is 0 Å². The molecule has 3 heterocycles. The third kappa shape index (κ3) is 4.59. The normalized spacial score (nSPS) is 30.4. The Balaban J connectivity index is 1.75. The van der Waals surface area contributed by atoms with E-state index in [0.717, 1.165) is 0 Å². The molecule has 1 spiro atoms. The fraction of sp³-hybridized carbons (Fsp3) is 0.577. The van der Waals surface area contributed by atoms with E-state index >= 15 is 0 Å². The number of amides is 2. The Labute approximate surface area is 224 Å². The van der Waals surface area contributed by atoms with Gasteiger partial charge in [-0.05, 0) is 56.9 Å². The standard InChI is InChI=1S/C26H32BrClN2O6/c1-3-12-29(17-10-8-16(28)9-11-17)24(33)22-26-15-18(27)21(36-26)19(25(34)35-4-2)20(26)23(32)30(22)13-6-5-7-14-31/h3,8-11,18-22,31H,1,4-7,12-15H2,2H3/t18?,19-,20+,21-,22-,26+/m1/s1. The molecule has 1 aromatic rings. The number of unbranched alkanes of at least 4 members (excludes halogenated alkanes) is 2. The second-order valence-corrected chi connectivity index (χ2v) is 11.1. The van der Waals surface area contributed by atoms with Crippen LogP contribution in [-0.2, 0) is 23.9 Å². The largest absolute Gasteiger partial charge is 0.466 e. The van der Waals surface area contributed by atoms with Gasteiger partial charge in [-0.2, -0.15) is 0 Å². The number of halogens is 2. The third-order valence-corrected chi connectivity index (χ3v) is 8.45. The Morgan fingerprint density at radius 2 is 2.06 bits per heavy atom. The van der Waals surface area contributed by atoms with Gasteiger partial charge in [-0.1, -0.05) is 33.6 Å². The van der Waals surface area contributed by atoms with Gasteiger partial charge in [0.15, 0.2) is 0 Å². The number of aliphatic hydroxyl groups excluding tert-OH is 1. The summed E-state index contributed by atoms with van der Waals surface area (Å²) in [6.07, 6.45) is 3.44. The van der Waals surface area contributed by atoms with Crippen molar-refractivity contribution in [3.05, 3.63) is 41.9 Å². The second kappa shape index (κ2) is 11.2. The van der Waals surface area contributed by atoms with Crippen molar-refractivity contribution in [2.75, 3.05) is 31.2 Å². The molecule has 2 bridgehead atoms. The van der Waals surface area contributed by atoms with Crippen LogP contribution in [0.2, 0.25) is 5.02 Å². The lowest BCUT2D eigenvalue weighted by molar-refractivity contribution is -0.154. The lowest BCUT2D eigenvalue weighted by Gasteiger charge is -2.37. The number of carbonyl (C=O) groups is 3. The molecule has 10 heteroatoms. The molecule has 1 unspecified atom stereocenters. The molecule has 2 amide bonds. The fourth-order valence-corrected chi connectivity index (χ4v) is 7.02. The summed E-state index contributed by atoms with van der Waals surface area (Å²) < 4.78 is 11.8. The number of anilines is 1. The zero-order valence-corrected chi connectivity index (χ0v) is 22.6. The van der Waals surface area contributed by atoms with Crippen molar-refractivity contribution in [3.8, 4) is 0 Å². The minimum absolute atomic E-state index is 0.0630. The summed E-state index contributed by atoms with van der Waals surface area (Å²) in [5.41, 5.74) is -0.519. The Bertz CT molecular complexity index is 1010. The molecular formula is C26H32BrClN2O6. The molecule has 3 aliphatic heterocycles. The molecule has 1 aromatic carbocycles. The summed E-state index contributed by atoms with van der Waals surface area (Å²) in [6, 6.07) is 6.00. The summed E-state index contributed by atoms with van der Waals surface area (Å²) in [7, 11) is 0. The summed E-state index contributed by atoms with van der Waals surface area (Å²) in [6.45, 7) is 6.35. The van der Waals surface area contributed by atoms with Crippen molar-refractivity contribution in [2.24, 2.45) is 11.8 Å². The Morgan fingerprint density at radius 1 is 1.33 bits per heavy atom. The highest BCUT2D eigenvalue weighted by molar-refractivity contribution is 9.09. The minimum atomic E-state index is -1.15. The van der Waals surface area contributed by atoms with Gasteiger partial charge in [0.05, 0.1) is 24.5 Å². The number of hydrogen-bond acceptors (Lipinski definition) is 6. The van der Waals surface area contributed by atoms with Gasteiger partial charge >= 0.3 is 5.97 Å². The highest BCUT2D eigenvalue weighted by Gasteiger charge is 2.77. The number of nitrogens with zero attached hydrogens (tertiary/aromatic N) is 2. The van der Waals surface area contributed by atoms with Gasteiger partial charge < -0.3 is 24.4 Å². The SMILES string of the molecule is C=CCN(C(=O)[C@H]1N(CCCCCO)C(=O)[C@@H]2[C@@H](C(=O)OCC)[C@@H]3O[C@@]21CC3Br)c1ccc(Cl)cc1. The lowest BCUT2D eigenvalue weighted by atomic mass is 9.70. The first-order valence-corrected chi connectivity index (χ1v) is 13.7. The number of esters is 1. The molecule has 196 valence electrons. The van der Waals surface area contributed by atoms with Crippen molar-refractivity contribution in [3.63, 3.8) is 0 Å². The van der Waals surface area contributed by atoms with Gasteiger partial charge in [0.1, 0.15) is 11.6 Å². The zero-order valence-electron chi connectivity index (χ0n) is 20.3. The number of benzene rings is 1. The molecule has 6 atom stereocenters. The Kier molecular flexibility index (Phi) is 8.44. The van der Waals surface area contributed by atoms with Gasteiger partial charge in [0.2, 0.25) is 5.91 Å². The number of hydrogen-bond donors (Lipinski definition) is 1. The van der Waals surface area contributed by atoms with Crippen LogP contribution >= 0.6 is 27.5 Å². The van der Waals surface area contributed by atoms with Crippen LogP contribution in [0.5, 0.6) is 0 Å². The summed E-state index contributed by atoms with van der Waals surface area (Å²) in [5.74, 6) is -2.59. The Morgan fingerprint density at radius 3 is 2.69 bits per heavy atom. The van der Waals surface area contributed by atoms with E-state index < -0.39 is 35.6 Å². The topological polar surface area (TPSA) is 96.4 Å². The van der Waals surface area contributed by atoms with E-state index in [1.165, 1.54) is 0 Å². The number of carbonyl (C=O) groups excluding carboxylic acids is 3. The van der Waals surface area contributed by atoms with Crippen molar-refractivity contribution in [1.82, 2.24) is 4.90 Å². The highest BCUT2D eigenvalue weighted by atomic mass is 79.9. The number of ether oxygens (including phenoxy) is 2. The van der Waals surface area contributed by atoms with E-state index in [4.69, 9.17) is 21.1 Å². The van der Waals surface area contributed by atoms with E-state index in [9.17, 15) is 19.5 Å². The third-order valence-electron chi connectivity index (χ3n) is 7.35. The van der Waals surface area contributed by atoms with Crippen LogP contribution in [0.25, 0.3) is 0 Å². The molecule has 36 heavy (non-hydrogen) atoms. The fourth-order valence-electron chi connectivity index (χ4n) is 5.95. The van der Waals surface area contributed by atoms with E-state index in [2.05, 4.69) is 22.5 Å². The van der Waals surface area contributed by atoms with E-state index in [0.29, 0.717) is 42.9 Å². The molecule has 0 aromatic heterocycles. The average molecular weight is 584 g/mol. The van der Waals surface area contributed by atoms with E-state index in [-0.39, 0.29) is 36.4 Å². The van der Waals surface area contributed by atoms with Crippen LogP contribution in [0.3, 0.4) is 0 Å². The molecule has 3 saturated heterocycles. The molecular weight excluding hydrogens is 552 g/mol. The minimum Gasteiger partial charge on any atom is -0.466 e. The molecule has 1 N–H and O–H groups in total.